The van der Waals surface area contributed by atoms with Gasteiger partial charge in [0, 0.05) is 23.0 Å². The Morgan fingerprint density at radius 3 is 2.62 bits per heavy atom. The zero-order chi connectivity index (χ0) is 20.9. The van der Waals surface area contributed by atoms with Gasteiger partial charge in [-0.05, 0) is 50.1 Å². The van der Waals surface area contributed by atoms with Crippen LogP contribution in [0.5, 0.6) is 5.75 Å². The highest BCUT2D eigenvalue weighted by Crippen LogP contribution is 2.27. The Labute approximate surface area is 180 Å². The summed E-state index contributed by atoms with van der Waals surface area (Å²) in [5.74, 6) is 0.234. The van der Waals surface area contributed by atoms with Crippen LogP contribution in [0.2, 0.25) is 5.02 Å². The molecule has 0 radical (unpaired) electrons. The van der Waals surface area contributed by atoms with Crippen LogP contribution in [0.25, 0.3) is 0 Å². The molecule has 0 saturated carbocycles. The minimum atomic E-state index is -3.46. The molecule has 1 amide bonds. The number of halogens is 1. The highest BCUT2D eigenvalue weighted by Gasteiger charge is 2.26. The molecule has 6 nitrogen and oxygen atoms in total. The van der Waals surface area contributed by atoms with Crippen LogP contribution >= 0.6 is 22.9 Å². The van der Waals surface area contributed by atoms with Gasteiger partial charge in [-0.15, -0.1) is 11.3 Å². The summed E-state index contributed by atoms with van der Waals surface area (Å²) in [6, 6.07) is 10.2. The minimum Gasteiger partial charge on any atom is -0.481 e. The second-order valence-electron chi connectivity index (χ2n) is 6.97. The van der Waals surface area contributed by atoms with Gasteiger partial charge in [0.25, 0.3) is 15.9 Å². The summed E-state index contributed by atoms with van der Waals surface area (Å²) in [7, 11) is -3.46. The highest BCUT2D eigenvalue weighted by molar-refractivity contribution is 7.91. The van der Waals surface area contributed by atoms with Crippen molar-refractivity contribution in [3.63, 3.8) is 0 Å². The number of hydrogen-bond donors (Lipinski definition) is 1. The Kier molecular flexibility index (Phi) is 7.56. The zero-order valence-corrected chi connectivity index (χ0v) is 18.7. The Balaban J connectivity index is 1.56. The lowest BCUT2D eigenvalue weighted by atomic mass is 10.2. The number of carbonyl (C=O) groups excluding carboxylic acids is 1. The standard InChI is InChI=1S/C20H25ClN2O4S2/c1-15(27-17-8-6-7-16(21)13-17)20(24)22-14-18-9-10-19(28-18)29(25,26)23-11-4-2-3-5-12-23/h6-10,13,15H,2-5,11-12,14H2,1H3,(H,22,24). The first kappa shape index (κ1) is 22.1. The molecule has 1 saturated heterocycles. The van der Waals surface area contributed by atoms with Crippen LogP contribution in [0.4, 0.5) is 0 Å². The Morgan fingerprint density at radius 2 is 1.93 bits per heavy atom. The minimum absolute atomic E-state index is 0.252. The van der Waals surface area contributed by atoms with E-state index in [2.05, 4.69) is 5.32 Å². The molecular formula is C20H25ClN2O4S2. The summed E-state index contributed by atoms with van der Waals surface area (Å²) < 4.78 is 33.2. The van der Waals surface area contributed by atoms with E-state index in [1.54, 1.807) is 47.6 Å². The van der Waals surface area contributed by atoms with E-state index in [4.69, 9.17) is 16.3 Å². The van der Waals surface area contributed by atoms with Crippen molar-refractivity contribution < 1.29 is 17.9 Å². The predicted molar refractivity (Wildman–Crippen MR) is 115 cm³/mol. The molecule has 1 N–H and O–H groups in total. The van der Waals surface area contributed by atoms with E-state index in [1.807, 2.05) is 0 Å². The van der Waals surface area contributed by atoms with Gasteiger partial charge in [-0.25, -0.2) is 8.42 Å². The Bertz CT molecular complexity index is 937. The van der Waals surface area contributed by atoms with Crippen molar-refractivity contribution in [1.29, 1.82) is 0 Å². The quantitative estimate of drug-likeness (QED) is 0.681. The largest absolute Gasteiger partial charge is 0.481 e. The zero-order valence-electron chi connectivity index (χ0n) is 16.3. The summed E-state index contributed by atoms with van der Waals surface area (Å²) in [4.78, 5) is 13.1. The van der Waals surface area contributed by atoms with Gasteiger partial charge in [0.05, 0.1) is 6.54 Å². The summed E-state index contributed by atoms with van der Waals surface area (Å²) in [6.45, 7) is 3.05. The fourth-order valence-corrected chi connectivity index (χ4v) is 6.26. The van der Waals surface area contributed by atoms with E-state index >= 15 is 0 Å². The lowest BCUT2D eigenvalue weighted by Gasteiger charge is -2.18. The number of rotatable bonds is 7. The van der Waals surface area contributed by atoms with Crippen molar-refractivity contribution in [3.8, 4) is 5.75 Å². The molecule has 1 aliphatic heterocycles. The van der Waals surface area contributed by atoms with Gasteiger partial charge >= 0.3 is 0 Å². The first-order valence-electron chi connectivity index (χ1n) is 9.65. The number of amides is 1. The van der Waals surface area contributed by atoms with Crippen molar-refractivity contribution in [2.24, 2.45) is 0 Å². The van der Waals surface area contributed by atoms with Gasteiger partial charge in [-0.3, -0.25) is 4.79 Å². The van der Waals surface area contributed by atoms with Crippen molar-refractivity contribution in [2.45, 2.75) is 49.5 Å². The smallest absolute Gasteiger partial charge is 0.261 e. The third-order valence-electron chi connectivity index (χ3n) is 4.71. The molecule has 2 aromatic rings. The average Bonchev–Trinajstić information content (AvgIpc) is 2.99. The van der Waals surface area contributed by atoms with Gasteiger partial charge in [-0.1, -0.05) is 30.5 Å². The molecule has 9 heteroatoms. The van der Waals surface area contributed by atoms with Crippen LogP contribution < -0.4 is 10.1 Å². The Morgan fingerprint density at radius 1 is 1.21 bits per heavy atom. The molecule has 1 aromatic carbocycles. The lowest BCUT2D eigenvalue weighted by Crippen LogP contribution is -2.35. The molecule has 1 aliphatic rings. The SMILES string of the molecule is CC(Oc1cccc(Cl)c1)C(=O)NCc1ccc(S(=O)(=O)N2CCCCCC2)s1. The molecule has 1 fully saturated rings. The highest BCUT2D eigenvalue weighted by atomic mass is 35.5. The molecular weight excluding hydrogens is 432 g/mol. The van der Waals surface area contributed by atoms with Crippen LogP contribution in [0, 0.1) is 0 Å². The number of benzene rings is 1. The maximum atomic E-state index is 12.8. The van der Waals surface area contributed by atoms with E-state index in [-0.39, 0.29) is 12.5 Å². The fraction of sp³-hybridized carbons (Fsp3) is 0.450. The molecule has 1 unspecified atom stereocenters. The van der Waals surface area contributed by atoms with E-state index in [1.165, 1.54) is 11.3 Å². The summed E-state index contributed by atoms with van der Waals surface area (Å²) in [6.07, 6.45) is 3.25. The van der Waals surface area contributed by atoms with Gasteiger partial charge < -0.3 is 10.1 Å². The molecule has 1 aromatic heterocycles. The molecule has 0 aliphatic carbocycles. The maximum Gasteiger partial charge on any atom is 0.261 e. The fourth-order valence-electron chi connectivity index (χ4n) is 3.12. The predicted octanol–water partition coefficient (Wildman–Crippen LogP) is 4.05. The number of carbonyl (C=O) groups is 1. The van der Waals surface area contributed by atoms with Crippen LogP contribution in [-0.4, -0.2) is 37.8 Å². The van der Waals surface area contributed by atoms with Gasteiger partial charge in [0.2, 0.25) is 0 Å². The van der Waals surface area contributed by atoms with Crippen LogP contribution in [0.1, 0.15) is 37.5 Å². The number of hydrogen-bond acceptors (Lipinski definition) is 5. The first-order chi connectivity index (χ1) is 13.9. The molecule has 29 heavy (non-hydrogen) atoms. The first-order valence-corrected chi connectivity index (χ1v) is 12.3. The lowest BCUT2D eigenvalue weighted by molar-refractivity contribution is -0.127. The third kappa shape index (κ3) is 5.94. The van der Waals surface area contributed by atoms with Crippen LogP contribution in [0.3, 0.4) is 0 Å². The molecule has 2 heterocycles. The van der Waals surface area contributed by atoms with E-state index in [0.717, 1.165) is 30.6 Å². The second-order valence-corrected chi connectivity index (χ2v) is 10.7. The van der Waals surface area contributed by atoms with Crippen molar-refractivity contribution in [2.75, 3.05) is 13.1 Å². The van der Waals surface area contributed by atoms with E-state index in [9.17, 15) is 13.2 Å². The van der Waals surface area contributed by atoms with Gasteiger partial charge in [-0.2, -0.15) is 4.31 Å². The monoisotopic (exact) mass is 456 g/mol. The van der Waals surface area contributed by atoms with Gasteiger partial charge in [0.15, 0.2) is 6.10 Å². The molecule has 158 valence electrons. The molecule has 0 spiro atoms. The number of ether oxygens (including phenoxy) is 1. The normalized spacial score (nSPS) is 16.8. The molecule has 0 bridgehead atoms. The average molecular weight is 457 g/mol. The number of sulfonamides is 1. The number of nitrogens with one attached hydrogen (secondary N) is 1. The topological polar surface area (TPSA) is 75.7 Å². The third-order valence-corrected chi connectivity index (χ3v) is 8.40. The van der Waals surface area contributed by atoms with Crippen molar-refractivity contribution in [1.82, 2.24) is 9.62 Å². The summed E-state index contributed by atoms with van der Waals surface area (Å²) in [5, 5.41) is 3.33. The molecule has 1 atom stereocenters. The summed E-state index contributed by atoms with van der Waals surface area (Å²) >= 11 is 7.12. The Hall–Kier alpha value is -1.61. The molecule has 3 rings (SSSR count). The van der Waals surface area contributed by atoms with Crippen molar-refractivity contribution >= 4 is 38.9 Å². The maximum absolute atomic E-state index is 12.8. The number of nitrogens with zero attached hydrogens (tertiary/aromatic N) is 1. The number of thiophene rings is 1. The van der Waals surface area contributed by atoms with Crippen molar-refractivity contribution in [3.05, 3.63) is 46.3 Å². The van der Waals surface area contributed by atoms with Crippen LogP contribution in [0.15, 0.2) is 40.6 Å². The van der Waals surface area contributed by atoms with Gasteiger partial charge in [0.1, 0.15) is 9.96 Å². The second kappa shape index (κ2) is 9.93. The summed E-state index contributed by atoms with van der Waals surface area (Å²) in [5.41, 5.74) is 0. The van der Waals surface area contributed by atoms with E-state index < -0.39 is 16.1 Å². The van der Waals surface area contributed by atoms with Crippen LogP contribution in [-0.2, 0) is 21.4 Å². The van der Waals surface area contributed by atoms with E-state index in [0.29, 0.717) is 28.1 Å².